The van der Waals surface area contributed by atoms with Crippen LogP contribution < -0.4 is 4.90 Å². The van der Waals surface area contributed by atoms with Crippen LogP contribution >= 0.6 is 11.3 Å². The first-order valence-corrected chi connectivity index (χ1v) is 24.0. The summed E-state index contributed by atoms with van der Waals surface area (Å²) in [7, 11) is 0. The number of rotatable bonds is 7. The third-order valence-corrected chi connectivity index (χ3v) is 14.9. The highest BCUT2D eigenvalue weighted by Gasteiger charge is 2.24. The van der Waals surface area contributed by atoms with E-state index in [1.54, 1.807) is 0 Å². The van der Waals surface area contributed by atoms with Crippen molar-refractivity contribution in [2.75, 3.05) is 4.90 Å². The first kappa shape index (κ1) is 38.6. The molecule has 0 saturated heterocycles. The van der Waals surface area contributed by atoms with E-state index in [2.05, 4.69) is 252 Å². The van der Waals surface area contributed by atoms with Gasteiger partial charge in [0.15, 0.2) is 0 Å². The number of hydrogen-bond acceptors (Lipinski definition) is 3. The minimum absolute atomic E-state index is 0.853. The Labute approximate surface area is 396 Å². The number of nitrogens with zero attached hydrogens (tertiary/aromatic N) is 2. The standard InChI is InChI=1S/C64H40N2OS/c1-2-14-43-37-45(28-27-41(43)13-1)44-15-11-17-49(38-44)65(48-32-29-42(30-33-48)46-31-36-62-56(40-46)54-22-6-10-26-61(54)68-62)59-35-34-55-53-21-5-9-25-60(53)67-64(55)63(59)47-16-12-18-50(39-47)66-57-23-7-3-19-51(57)52-20-4-8-24-58(52)66/h1-40H. The molecule has 0 spiro atoms. The lowest BCUT2D eigenvalue weighted by atomic mass is 9.97. The molecule has 0 saturated carbocycles. The van der Waals surface area contributed by atoms with Gasteiger partial charge in [-0.3, -0.25) is 0 Å². The predicted octanol–water partition coefficient (Wildman–Crippen LogP) is 18.7. The monoisotopic (exact) mass is 884 g/mol. The number of para-hydroxylation sites is 3. The summed E-state index contributed by atoms with van der Waals surface area (Å²) in [6.45, 7) is 0. The Morgan fingerprint density at radius 2 is 0.985 bits per heavy atom. The van der Waals surface area contributed by atoms with Gasteiger partial charge in [-0.2, -0.15) is 0 Å². The smallest absolute Gasteiger partial charge is 0.145 e. The fraction of sp³-hybridized carbons (Fsp3) is 0. The van der Waals surface area contributed by atoms with Crippen LogP contribution in [-0.4, -0.2) is 4.57 Å². The molecule has 0 aliphatic heterocycles. The summed E-state index contributed by atoms with van der Waals surface area (Å²) in [5.74, 6) is 0. The molecule has 14 rings (SSSR count). The molecule has 0 amide bonds. The van der Waals surface area contributed by atoms with Gasteiger partial charge in [0.05, 0.1) is 16.7 Å². The van der Waals surface area contributed by atoms with E-state index in [0.29, 0.717) is 0 Å². The van der Waals surface area contributed by atoms with Crippen LogP contribution in [0, 0.1) is 0 Å². The maximum atomic E-state index is 7.01. The van der Waals surface area contributed by atoms with E-state index in [1.807, 2.05) is 11.3 Å². The maximum absolute atomic E-state index is 7.01. The summed E-state index contributed by atoms with van der Waals surface area (Å²) >= 11 is 1.85. The van der Waals surface area contributed by atoms with Gasteiger partial charge < -0.3 is 13.9 Å². The molecule has 3 nitrogen and oxygen atoms in total. The van der Waals surface area contributed by atoms with E-state index in [1.165, 1.54) is 69.4 Å². The van der Waals surface area contributed by atoms with E-state index in [9.17, 15) is 0 Å². The SMILES string of the molecule is c1cc(-c2ccc3ccccc3c2)cc(N(c2ccc(-c3ccc4sc5ccccc5c4c3)cc2)c2ccc3c(oc4ccccc43)c2-c2cccc(-n3c4ccccc4c4ccccc43)c2)c1. The lowest BCUT2D eigenvalue weighted by molar-refractivity contribution is 0.670. The van der Waals surface area contributed by atoms with Gasteiger partial charge in [-0.25, -0.2) is 0 Å². The van der Waals surface area contributed by atoms with E-state index in [-0.39, 0.29) is 0 Å². The molecule has 3 heterocycles. The summed E-state index contributed by atoms with van der Waals surface area (Å²) in [6, 6.07) is 88.3. The van der Waals surface area contributed by atoms with Gasteiger partial charge in [0.2, 0.25) is 0 Å². The van der Waals surface area contributed by atoms with Crippen LogP contribution in [0.1, 0.15) is 0 Å². The zero-order chi connectivity index (χ0) is 44.7. The second kappa shape index (κ2) is 15.5. The largest absolute Gasteiger partial charge is 0.455 e. The normalized spacial score (nSPS) is 11.8. The van der Waals surface area contributed by atoms with Gasteiger partial charge in [0.1, 0.15) is 11.2 Å². The number of benzene rings is 11. The summed E-state index contributed by atoms with van der Waals surface area (Å²) in [5.41, 5.74) is 15.0. The fourth-order valence-electron chi connectivity index (χ4n) is 10.6. The third kappa shape index (κ3) is 6.19. The van der Waals surface area contributed by atoms with Crippen molar-refractivity contribution in [2.45, 2.75) is 0 Å². The van der Waals surface area contributed by atoms with Crippen molar-refractivity contribution in [3.63, 3.8) is 0 Å². The fourth-order valence-corrected chi connectivity index (χ4v) is 11.7. The van der Waals surface area contributed by atoms with Crippen molar-refractivity contribution in [3.05, 3.63) is 243 Å². The predicted molar refractivity (Wildman–Crippen MR) is 289 cm³/mol. The van der Waals surface area contributed by atoms with Gasteiger partial charge in [-0.1, -0.05) is 152 Å². The Balaban J connectivity index is 0.993. The Bertz CT molecular complexity index is 4230. The molecule has 11 aromatic carbocycles. The molecule has 3 aromatic heterocycles. The number of anilines is 3. The van der Waals surface area contributed by atoms with Crippen molar-refractivity contribution in [1.29, 1.82) is 0 Å². The minimum atomic E-state index is 0.853. The zero-order valence-electron chi connectivity index (χ0n) is 36.8. The second-order valence-corrected chi connectivity index (χ2v) is 18.7. The highest BCUT2D eigenvalue weighted by Crippen LogP contribution is 2.48. The molecule has 0 aliphatic carbocycles. The van der Waals surface area contributed by atoms with Crippen LogP contribution in [0.3, 0.4) is 0 Å². The first-order chi connectivity index (χ1) is 33.7. The Kier molecular flexibility index (Phi) is 8.76. The Hall–Kier alpha value is -8.70. The zero-order valence-corrected chi connectivity index (χ0v) is 37.6. The van der Waals surface area contributed by atoms with E-state index >= 15 is 0 Å². The van der Waals surface area contributed by atoms with Gasteiger partial charge in [0, 0.05) is 64.3 Å². The van der Waals surface area contributed by atoms with Crippen molar-refractivity contribution in [1.82, 2.24) is 4.57 Å². The van der Waals surface area contributed by atoms with E-state index < -0.39 is 0 Å². The average molecular weight is 885 g/mol. The Morgan fingerprint density at radius 3 is 1.82 bits per heavy atom. The van der Waals surface area contributed by atoms with Crippen LogP contribution in [0.5, 0.6) is 0 Å². The molecule has 318 valence electrons. The molecule has 14 aromatic rings. The van der Waals surface area contributed by atoms with Crippen molar-refractivity contribution < 1.29 is 4.42 Å². The molecular weight excluding hydrogens is 845 g/mol. The van der Waals surface area contributed by atoms with Crippen LogP contribution in [0.2, 0.25) is 0 Å². The molecule has 68 heavy (non-hydrogen) atoms. The lowest BCUT2D eigenvalue weighted by Gasteiger charge is -2.29. The maximum Gasteiger partial charge on any atom is 0.145 e. The second-order valence-electron chi connectivity index (χ2n) is 17.7. The highest BCUT2D eigenvalue weighted by atomic mass is 32.1. The number of hydrogen-bond donors (Lipinski definition) is 0. The summed E-state index contributed by atoms with van der Waals surface area (Å²) < 4.78 is 12.0. The summed E-state index contributed by atoms with van der Waals surface area (Å²) in [6.07, 6.45) is 0. The van der Waals surface area contributed by atoms with Crippen LogP contribution in [0.25, 0.3) is 114 Å². The first-order valence-electron chi connectivity index (χ1n) is 23.1. The molecule has 0 unspecified atom stereocenters. The van der Waals surface area contributed by atoms with Crippen LogP contribution in [-0.2, 0) is 0 Å². The lowest BCUT2D eigenvalue weighted by Crippen LogP contribution is -2.11. The average Bonchev–Trinajstić information content (AvgIpc) is 4.08. The van der Waals surface area contributed by atoms with Gasteiger partial charge in [-0.15, -0.1) is 11.3 Å². The van der Waals surface area contributed by atoms with Crippen molar-refractivity contribution >= 4 is 103 Å². The van der Waals surface area contributed by atoms with E-state index in [4.69, 9.17) is 4.42 Å². The third-order valence-electron chi connectivity index (χ3n) is 13.8. The topological polar surface area (TPSA) is 21.3 Å². The highest BCUT2D eigenvalue weighted by molar-refractivity contribution is 7.25. The molecule has 0 radical (unpaired) electrons. The molecule has 4 heteroatoms. The van der Waals surface area contributed by atoms with E-state index in [0.717, 1.165) is 61.4 Å². The van der Waals surface area contributed by atoms with Gasteiger partial charge in [0.25, 0.3) is 0 Å². The number of furan rings is 1. The van der Waals surface area contributed by atoms with Crippen molar-refractivity contribution in [2.24, 2.45) is 0 Å². The van der Waals surface area contributed by atoms with Crippen LogP contribution in [0.4, 0.5) is 17.1 Å². The number of fused-ring (bicyclic) bond motifs is 10. The quantitative estimate of drug-likeness (QED) is 0.159. The molecule has 0 atom stereocenters. The summed E-state index contributed by atoms with van der Waals surface area (Å²) in [4.78, 5) is 2.42. The van der Waals surface area contributed by atoms with Crippen LogP contribution in [0.15, 0.2) is 247 Å². The molecule has 0 aliphatic rings. The number of thiophene rings is 1. The number of aromatic nitrogens is 1. The van der Waals surface area contributed by atoms with Crippen molar-refractivity contribution in [3.8, 4) is 39.1 Å². The summed E-state index contributed by atoms with van der Waals surface area (Å²) in [5, 5.41) is 9.70. The molecule has 0 N–H and O–H groups in total. The molecule has 0 fully saturated rings. The molecule has 0 bridgehead atoms. The minimum Gasteiger partial charge on any atom is -0.455 e. The van der Waals surface area contributed by atoms with Gasteiger partial charge in [-0.05, 0) is 130 Å². The molecular formula is C64H40N2OS. The van der Waals surface area contributed by atoms with Gasteiger partial charge >= 0.3 is 0 Å². The Morgan fingerprint density at radius 1 is 0.353 bits per heavy atom.